The maximum atomic E-state index is 12.6. The van der Waals surface area contributed by atoms with Gasteiger partial charge in [-0.15, -0.1) is 10.2 Å². The van der Waals surface area contributed by atoms with E-state index in [9.17, 15) is 4.79 Å². The predicted octanol–water partition coefficient (Wildman–Crippen LogP) is 6.11. The number of aromatic nitrogens is 3. The van der Waals surface area contributed by atoms with Gasteiger partial charge in [-0.3, -0.25) is 4.79 Å². The number of thioether (sulfide) groups is 1. The molecule has 1 aromatic heterocycles. The van der Waals surface area contributed by atoms with Crippen LogP contribution in [0.15, 0.2) is 46.0 Å². The maximum absolute atomic E-state index is 12.6. The largest absolute Gasteiger partial charge is 0.485 e. The highest BCUT2D eigenvalue weighted by Crippen LogP contribution is 2.28. The Hall–Kier alpha value is -2.32. The van der Waals surface area contributed by atoms with E-state index < -0.39 is 0 Å². The molecule has 0 saturated carbocycles. The standard InChI is InChI=1S/C24H29BrN4O2S/c1-6-29-22(13-31-21-9-7-8-16(4)17(21)5)27-28-24(29)32-14-23(30)26-20-11-10-18(25)12-19(20)15(2)3/h7-12,15H,6,13-14H2,1-5H3,(H,26,30). The minimum Gasteiger partial charge on any atom is -0.485 e. The number of halogens is 1. The van der Waals surface area contributed by atoms with Crippen LogP contribution >= 0.6 is 27.7 Å². The van der Waals surface area contributed by atoms with Crippen molar-refractivity contribution >= 4 is 39.3 Å². The molecule has 0 atom stereocenters. The highest BCUT2D eigenvalue weighted by atomic mass is 79.9. The molecule has 0 spiro atoms. The zero-order valence-corrected chi connectivity index (χ0v) is 21.5. The minimum atomic E-state index is -0.0712. The van der Waals surface area contributed by atoms with Crippen molar-refractivity contribution in [3.63, 3.8) is 0 Å². The summed E-state index contributed by atoms with van der Waals surface area (Å²) in [5.41, 5.74) is 4.25. The van der Waals surface area contributed by atoms with Crippen LogP contribution in [0.5, 0.6) is 5.75 Å². The van der Waals surface area contributed by atoms with Gasteiger partial charge in [-0.25, -0.2) is 0 Å². The van der Waals surface area contributed by atoms with E-state index in [1.165, 1.54) is 17.3 Å². The lowest BCUT2D eigenvalue weighted by Gasteiger charge is -2.14. The molecule has 8 heteroatoms. The molecule has 170 valence electrons. The van der Waals surface area contributed by atoms with E-state index in [1.807, 2.05) is 48.7 Å². The Balaban J connectivity index is 1.63. The predicted molar refractivity (Wildman–Crippen MR) is 134 cm³/mol. The third kappa shape index (κ3) is 5.92. The van der Waals surface area contributed by atoms with Gasteiger partial charge in [0.2, 0.25) is 5.91 Å². The molecule has 3 rings (SSSR count). The fourth-order valence-electron chi connectivity index (χ4n) is 3.31. The molecule has 0 radical (unpaired) electrons. The van der Waals surface area contributed by atoms with Crippen molar-refractivity contribution in [1.82, 2.24) is 14.8 Å². The number of carbonyl (C=O) groups excluding carboxylic acids is 1. The lowest BCUT2D eigenvalue weighted by Crippen LogP contribution is -2.16. The molecule has 0 saturated heterocycles. The number of ether oxygens (including phenoxy) is 1. The molecule has 6 nitrogen and oxygen atoms in total. The number of carbonyl (C=O) groups is 1. The van der Waals surface area contributed by atoms with Crippen LogP contribution < -0.4 is 10.1 Å². The average molecular weight is 517 g/mol. The normalized spacial score (nSPS) is 11.1. The first-order valence-corrected chi connectivity index (χ1v) is 12.4. The van der Waals surface area contributed by atoms with E-state index in [2.05, 4.69) is 58.3 Å². The minimum absolute atomic E-state index is 0.0712. The summed E-state index contributed by atoms with van der Waals surface area (Å²) in [6.45, 7) is 11.4. The van der Waals surface area contributed by atoms with Crippen LogP contribution in [0.1, 0.15) is 49.2 Å². The van der Waals surface area contributed by atoms with E-state index in [0.717, 1.165) is 32.9 Å². The topological polar surface area (TPSA) is 69.0 Å². The first-order chi connectivity index (χ1) is 15.3. The summed E-state index contributed by atoms with van der Waals surface area (Å²) in [6.07, 6.45) is 0. The molecule has 1 heterocycles. The van der Waals surface area contributed by atoms with Gasteiger partial charge in [-0.1, -0.05) is 53.7 Å². The summed E-state index contributed by atoms with van der Waals surface area (Å²) in [6, 6.07) is 11.9. The Morgan fingerprint density at radius 2 is 2.00 bits per heavy atom. The van der Waals surface area contributed by atoms with E-state index in [4.69, 9.17) is 4.74 Å². The second kappa shape index (κ2) is 11.0. The molecule has 32 heavy (non-hydrogen) atoms. The third-order valence-corrected chi connectivity index (χ3v) is 6.72. The Labute approximate surface area is 202 Å². The lowest BCUT2D eigenvalue weighted by molar-refractivity contribution is -0.113. The highest BCUT2D eigenvalue weighted by Gasteiger charge is 2.16. The van der Waals surface area contributed by atoms with Gasteiger partial charge in [0.25, 0.3) is 0 Å². The summed E-state index contributed by atoms with van der Waals surface area (Å²) in [5.74, 6) is 2.08. The zero-order chi connectivity index (χ0) is 23.3. The number of hydrogen-bond acceptors (Lipinski definition) is 5. The van der Waals surface area contributed by atoms with Crippen LogP contribution in [0, 0.1) is 13.8 Å². The third-order valence-electron chi connectivity index (χ3n) is 5.26. The van der Waals surface area contributed by atoms with Crippen molar-refractivity contribution in [2.24, 2.45) is 0 Å². The zero-order valence-electron chi connectivity index (χ0n) is 19.1. The summed E-state index contributed by atoms with van der Waals surface area (Å²) in [4.78, 5) is 12.6. The van der Waals surface area contributed by atoms with Gasteiger partial charge in [0.05, 0.1) is 5.75 Å². The van der Waals surface area contributed by atoms with Crippen molar-refractivity contribution in [3.8, 4) is 5.75 Å². The van der Waals surface area contributed by atoms with E-state index in [-0.39, 0.29) is 11.7 Å². The second-order valence-corrected chi connectivity index (χ2v) is 9.71. The lowest BCUT2D eigenvalue weighted by atomic mass is 10.0. The van der Waals surface area contributed by atoms with Gasteiger partial charge in [0.15, 0.2) is 11.0 Å². The SMILES string of the molecule is CCn1c(COc2cccc(C)c2C)nnc1SCC(=O)Nc1ccc(Br)cc1C(C)C. The Morgan fingerprint density at radius 3 is 2.72 bits per heavy atom. The number of nitrogens with one attached hydrogen (secondary N) is 1. The van der Waals surface area contributed by atoms with E-state index in [1.54, 1.807) is 0 Å². The van der Waals surface area contributed by atoms with Gasteiger partial charge in [-0.2, -0.15) is 0 Å². The monoisotopic (exact) mass is 516 g/mol. The van der Waals surface area contributed by atoms with E-state index in [0.29, 0.717) is 24.2 Å². The van der Waals surface area contributed by atoms with Crippen LogP contribution in [-0.2, 0) is 17.9 Å². The quantitative estimate of drug-likeness (QED) is 0.347. The molecular formula is C24H29BrN4O2S. The number of hydrogen-bond donors (Lipinski definition) is 1. The molecule has 0 fully saturated rings. The molecule has 0 aliphatic carbocycles. The second-order valence-electron chi connectivity index (χ2n) is 7.85. The fraction of sp³-hybridized carbons (Fsp3) is 0.375. The fourth-order valence-corrected chi connectivity index (χ4v) is 4.51. The van der Waals surface area contributed by atoms with Crippen LogP contribution in [0.2, 0.25) is 0 Å². The smallest absolute Gasteiger partial charge is 0.234 e. The molecule has 0 aliphatic heterocycles. The van der Waals surface area contributed by atoms with Crippen LogP contribution in [-0.4, -0.2) is 26.4 Å². The molecule has 1 amide bonds. The number of benzene rings is 2. The maximum Gasteiger partial charge on any atom is 0.234 e. The Kier molecular flexibility index (Phi) is 8.37. The van der Waals surface area contributed by atoms with Gasteiger partial charge >= 0.3 is 0 Å². The van der Waals surface area contributed by atoms with Crippen molar-refractivity contribution in [3.05, 3.63) is 63.4 Å². The number of rotatable bonds is 9. The summed E-state index contributed by atoms with van der Waals surface area (Å²) in [5, 5.41) is 12.3. The highest BCUT2D eigenvalue weighted by molar-refractivity contribution is 9.10. The Bertz CT molecular complexity index is 1100. The van der Waals surface area contributed by atoms with Crippen molar-refractivity contribution in [2.45, 2.75) is 58.8 Å². The van der Waals surface area contributed by atoms with Gasteiger partial charge in [0.1, 0.15) is 12.4 Å². The number of anilines is 1. The molecule has 2 aromatic carbocycles. The first-order valence-electron chi connectivity index (χ1n) is 10.6. The van der Waals surface area contributed by atoms with Crippen molar-refractivity contribution in [2.75, 3.05) is 11.1 Å². The number of amides is 1. The average Bonchev–Trinajstić information content (AvgIpc) is 3.16. The summed E-state index contributed by atoms with van der Waals surface area (Å²) < 4.78 is 8.98. The van der Waals surface area contributed by atoms with Crippen LogP contribution in [0.3, 0.4) is 0 Å². The molecule has 0 aliphatic rings. The molecular weight excluding hydrogens is 488 g/mol. The van der Waals surface area contributed by atoms with Gasteiger partial charge < -0.3 is 14.6 Å². The summed E-state index contributed by atoms with van der Waals surface area (Å²) >= 11 is 4.88. The van der Waals surface area contributed by atoms with Crippen LogP contribution in [0.4, 0.5) is 5.69 Å². The van der Waals surface area contributed by atoms with Gasteiger partial charge in [-0.05, 0) is 67.6 Å². The Morgan fingerprint density at radius 1 is 1.22 bits per heavy atom. The van der Waals surface area contributed by atoms with Gasteiger partial charge in [0, 0.05) is 16.7 Å². The van der Waals surface area contributed by atoms with Crippen molar-refractivity contribution in [1.29, 1.82) is 0 Å². The number of nitrogens with zero attached hydrogens (tertiary/aromatic N) is 3. The van der Waals surface area contributed by atoms with E-state index >= 15 is 0 Å². The molecule has 0 bridgehead atoms. The molecule has 0 unspecified atom stereocenters. The summed E-state index contributed by atoms with van der Waals surface area (Å²) in [7, 11) is 0. The van der Waals surface area contributed by atoms with Crippen molar-refractivity contribution < 1.29 is 9.53 Å². The first kappa shape index (κ1) is 24.3. The number of aryl methyl sites for hydroxylation is 1. The van der Waals surface area contributed by atoms with Crippen LogP contribution in [0.25, 0.3) is 0 Å². The molecule has 1 N–H and O–H groups in total. The molecule has 3 aromatic rings.